The van der Waals surface area contributed by atoms with Gasteiger partial charge in [0.1, 0.15) is 5.75 Å². The number of halogens is 1. The van der Waals surface area contributed by atoms with E-state index < -0.39 is 0 Å². The van der Waals surface area contributed by atoms with E-state index in [0.717, 1.165) is 50.0 Å². The van der Waals surface area contributed by atoms with Crippen LogP contribution in [-0.4, -0.2) is 62.2 Å². The van der Waals surface area contributed by atoms with Crippen LogP contribution in [0.1, 0.15) is 18.4 Å². The highest BCUT2D eigenvalue weighted by atomic mass is 35.5. The number of piperidine rings is 1. The van der Waals surface area contributed by atoms with Gasteiger partial charge in [-0.2, -0.15) is 0 Å². The van der Waals surface area contributed by atoms with Gasteiger partial charge in [0.15, 0.2) is 0 Å². The lowest BCUT2D eigenvalue weighted by atomic mass is 10.0. The maximum Gasteiger partial charge on any atom is 0.119 e. The number of piperazine rings is 1. The van der Waals surface area contributed by atoms with Gasteiger partial charge in [0.05, 0.1) is 7.11 Å². The Bertz CT molecular complexity index is 776. The quantitative estimate of drug-likeness (QED) is 0.752. The van der Waals surface area contributed by atoms with E-state index in [-0.39, 0.29) is 0 Å². The summed E-state index contributed by atoms with van der Waals surface area (Å²) in [5, 5.41) is 0.820. The molecule has 0 unspecified atom stereocenters. The summed E-state index contributed by atoms with van der Waals surface area (Å²) >= 11 is 6.17. The van der Waals surface area contributed by atoms with Crippen molar-refractivity contribution in [1.82, 2.24) is 9.80 Å². The highest BCUT2D eigenvalue weighted by Gasteiger charge is 2.28. The lowest BCUT2D eigenvalue weighted by molar-refractivity contribution is 0.0887. The molecule has 4 nitrogen and oxygen atoms in total. The predicted molar refractivity (Wildman–Crippen MR) is 117 cm³/mol. The number of hydrogen-bond donors (Lipinski definition) is 0. The van der Waals surface area contributed by atoms with Gasteiger partial charge < -0.3 is 9.64 Å². The van der Waals surface area contributed by atoms with Crippen LogP contribution in [0.3, 0.4) is 0 Å². The fourth-order valence-electron chi connectivity index (χ4n) is 4.52. The minimum Gasteiger partial charge on any atom is -0.497 e. The van der Waals surface area contributed by atoms with Crippen LogP contribution >= 0.6 is 11.6 Å². The predicted octanol–water partition coefficient (Wildman–Crippen LogP) is 4.14. The molecule has 0 aliphatic carbocycles. The largest absolute Gasteiger partial charge is 0.497 e. The van der Waals surface area contributed by atoms with Crippen LogP contribution in [0.2, 0.25) is 5.02 Å². The molecule has 0 amide bonds. The standard InChI is InChI=1S/C23H30ClN3O/c1-28-23-9-2-5-19(15-23)17-25-10-4-8-22(18-25)27-13-11-26(12-14-27)21-7-3-6-20(24)16-21/h2-3,5-7,9,15-16,22H,4,8,10-14,17-18H2,1H3/t22-/m0/s1. The Balaban J connectivity index is 1.31. The number of anilines is 1. The van der Waals surface area contributed by atoms with Gasteiger partial charge in [-0.1, -0.05) is 29.8 Å². The third-order valence-corrected chi connectivity index (χ3v) is 6.26. The molecule has 2 heterocycles. The first-order valence-corrected chi connectivity index (χ1v) is 10.7. The van der Waals surface area contributed by atoms with E-state index >= 15 is 0 Å². The molecule has 5 heteroatoms. The molecule has 2 aromatic rings. The van der Waals surface area contributed by atoms with E-state index in [1.165, 1.54) is 30.6 Å². The lowest BCUT2D eigenvalue weighted by Gasteiger charge is -2.44. The number of hydrogen-bond acceptors (Lipinski definition) is 4. The second-order valence-electron chi connectivity index (χ2n) is 7.89. The zero-order valence-corrected chi connectivity index (χ0v) is 17.4. The summed E-state index contributed by atoms with van der Waals surface area (Å²) < 4.78 is 5.37. The van der Waals surface area contributed by atoms with Crippen molar-refractivity contribution in [1.29, 1.82) is 0 Å². The van der Waals surface area contributed by atoms with E-state index in [0.29, 0.717) is 6.04 Å². The number of methoxy groups -OCH3 is 1. The molecule has 150 valence electrons. The monoisotopic (exact) mass is 399 g/mol. The Morgan fingerprint density at radius 1 is 1.00 bits per heavy atom. The first-order chi connectivity index (χ1) is 13.7. The Labute approximate surface area is 173 Å². The van der Waals surface area contributed by atoms with E-state index in [9.17, 15) is 0 Å². The van der Waals surface area contributed by atoms with Crippen LogP contribution < -0.4 is 9.64 Å². The molecule has 0 N–H and O–H groups in total. The fraction of sp³-hybridized carbons (Fsp3) is 0.478. The van der Waals surface area contributed by atoms with Crippen LogP contribution in [-0.2, 0) is 6.54 Å². The minimum atomic E-state index is 0.667. The molecule has 2 aliphatic heterocycles. The topological polar surface area (TPSA) is 19.0 Å². The van der Waals surface area contributed by atoms with Crippen molar-refractivity contribution < 1.29 is 4.74 Å². The molecule has 0 radical (unpaired) electrons. The third kappa shape index (κ3) is 4.80. The maximum atomic E-state index is 6.17. The normalized spacial score (nSPS) is 21.6. The molecule has 4 rings (SSSR count). The summed E-state index contributed by atoms with van der Waals surface area (Å²) in [6.45, 7) is 7.77. The van der Waals surface area contributed by atoms with Gasteiger partial charge in [-0.15, -0.1) is 0 Å². The second-order valence-corrected chi connectivity index (χ2v) is 8.32. The molecule has 0 saturated carbocycles. The number of benzene rings is 2. The van der Waals surface area contributed by atoms with Crippen LogP contribution in [0, 0.1) is 0 Å². The zero-order valence-electron chi connectivity index (χ0n) is 16.7. The van der Waals surface area contributed by atoms with E-state index in [2.05, 4.69) is 45.0 Å². The number of nitrogens with zero attached hydrogens (tertiary/aromatic N) is 3. The van der Waals surface area contributed by atoms with E-state index in [1.807, 2.05) is 18.2 Å². The van der Waals surface area contributed by atoms with Crippen molar-refractivity contribution in [2.24, 2.45) is 0 Å². The van der Waals surface area contributed by atoms with E-state index in [1.54, 1.807) is 7.11 Å². The van der Waals surface area contributed by atoms with Gasteiger partial charge in [0, 0.05) is 56.0 Å². The lowest BCUT2D eigenvalue weighted by Crippen LogP contribution is -2.55. The van der Waals surface area contributed by atoms with Gasteiger partial charge in [-0.05, 0) is 55.3 Å². The highest BCUT2D eigenvalue weighted by molar-refractivity contribution is 6.30. The van der Waals surface area contributed by atoms with Crippen LogP contribution in [0.15, 0.2) is 48.5 Å². The van der Waals surface area contributed by atoms with Gasteiger partial charge in [-0.3, -0.25) is 9.80 Å². The Morgan fingerprint density at radius 2 is 1.82 bits per heavy atom. The van der Waals surface area contributed by atoms with Crippen LogP contribution in [0.4, 0.5) is 5.69 Å². The molecule has 2 aliphatic rings. The summed E-state index contributed by atoms with van der Waals surface area (Å²) in [5.41, 5.74) is 2.58. The average Bonchev–Trinajstić information content (AvgIpc) is 2.74. The maximum absolute atomic E-state index is 6.17. The molecule has 0 bridgehead atoms. The SMILES string of the molecule is COc1cccc(CN2CCC[C@H](N3CCN(c4cccc(Cl)c4)CC3)C2)c1. The minimum absolute atomic E-state index is 0.667. The van der Waals surface area contributed by atoms with E-state index in [4.69, 9.17) is 16.3 Å². The molecular weight excluding hydrogens is 370 g/mol. The van der Waals surface area contributed by atoms with Gasteiger partial charge in [-0.25, -0.2) is 0 Å². The number of ether oxygens (including phenoxy) is 1. The first-order valence-electron chi connectivity index (χ1n) is 10.3. The number of likely N-dealkylation sites (tertiary alicyclic amines) is 1. The molecule has 0 spiro atoms. The van der Waals surface area contributed by atoms with Crippen molar-refractivity contribution in [2.45, 2.75) is 25.4 Å². The molecule has 2 saturated heterocycles. The van der Waals surface area contributed by atoms with Crippen molar-refractivity contribution >= 4 is 17.3 Å². The Morgan fingerprint density at radius 3 is 2.61 bits per heavy atom. The molecule has 1 atom stereocenters. The van der Waals surface area contributed by atoms with Gasteiger partial charge in [0.25, 0.3) is 0 Å². The molecule has 28 heavy (non-hydrogen) atoms. The van der Waals surface area contributed by atoms with Crippen molar-refractivity contribution in [3.63, 3.8) is 0 Å². The Hall–Kier alpha value is -1.75. The van der Waals surface area contributed by atoms with Crippen molar-refractivity contribution in [3.8, 4) is 5.75 Å². The van der Waals surface area contributed by atoms with Crippen LogP contribution in [0.5, 0.6) is 5.75 Å². The Kier molecular flexibility index (Phi) is 6.40. The second kappa shape index (κ2) is 9.17. The smallest absolute Gasteiger partial charge is 0.119 e. The summed E-state index contributed by atoms with van der Waals surface area (Å²) in [6.07, 6.45) is 2.59. The molecule has 2 aromatic carbocycles. The summed E-state index contributed by atoms with van der Waals surface area (Å²) in [7, 11) is 1.74. The highest BCUT2D eigenvalue weighted by Crippen LogP contribution is 2.24. The first kappa shape index (κ1) is 19.6. The summed E-state index contributed by atoms with van der Waals surface area (Å²) in [4.78, 5) is 7.75. The molecule has 2 fully saturated rings. The average molecular weight is 400 g/mol. The molecular formula is C23H30ClN3O. The number of rotatable bonds is 5. The van der Waals surface area contributed by atoms with Crippen LogP contribution in [0.25, 0.3) is 0 Å². The van der Waals surface area contributed by atoms with Gasteiger partial charge >= 0.3 is 0 Å². The molecule has 0 aromatic heterocycles. The van der Waals surface area contributed by atoms with Crippen molar-refractivity contribution in [2.75, 3.05) is 51.3 Å². The summed E-state index contributed by atoms with van der Waals surface area (Å²) in [5.74, 6) is 0.947. The third-order valence-electron chi connectivity index (χ3n) is 6.02. The van der Waals surface area contributed by atoms with Crippen molar-refractivity contribution in [3.05, 3.63) is 59.1 Å². The van der Waals surface area contributed by atoms with Gasteiger partial charge in [0.2, 0.25) is 0 Å². The fourth-order valence-corrected chi connectivity index (χ4v) is 4.70. The zero-order chi connectivity index (χ0) is 19.3. The summed E-state index contributed by atoms with van der Waals surface area (Å²) in [6, 6.07) is 17.4.